The monoisotopic (exact) mass is 538 g/mol. The van der Waals surface area contributed by atoms with Crippen molar-refractivity contribution in [1.29, 1.82) is 0 Å². The van der Waals surface area contributed by atoms with Gasteiger partial charge < -0.3 is 10.6 Å². The second kappa shape index (κ2) is 9.78. The molecule has 6 rings (SSSR count). The average molecular weight is 539 g/mol. The number of hydrogen-bond donors (Lipinski definition) is 2. The summed E-state index contributed by atoms with van der Waals surface area (Å²) in [5.41, 5.74) is 4.84. The van der Waals surface area contributed by atoms with E-state index in [-0.39, 0.29) is 23.2 Å². The van der Waals surface area contributed by atoms with Gasteiger partial charge in [-0.1, -0.05) is 47.7 Å². The van der Waals surface area contributed by atoms with Crippen LogP contribution in [0.5, 0.6) is 0 Å². The number of fused-ring (bicyclic) bond motifs is 1. The summed E-state index contributed by atoms with van der Waals surface area (Å²) in [7, 11) is 1.57. The Kier molecular flexibility index (Phi) is 6.27. The highest BCUT2D eigenvalue weighted by atomic mass is 32.1. The number of thiazole rings is 1. The quantitative estimate of drug-likeness (QED) is 0.265. The molecule has 0 saturated heterocycles. The van der Waals surface area contributed by atoms with E-state index in [4.69, 9.17) is 4.98 Å². The predicted octanol–water partition coefficient (Wildman–Crippen LogP) is 6.35. The number of carbonyl (C=O) groups is 2. The number of carbonyl (C=O) groups excluding carboxylic acids is 2. The first-order valence-electron chi connectivity index (χ1n) is 12.9. The van der Waals surface area contributed by atoms with Crippen molar-refractivity contribution in [2.75, 3.05) is 7.05 Å². The van der Waals surface area contributed by atoms with Crippen LogP contribution in [0.4, 0.5) is 4.39 Å². The topological polar surface area (TPSA) is 75.5 Å². The van der Waals surface area contributed by atoms with Crippen LogP contribution >= 0.6 is 11.3 Å². The van der Waals surface area contributed by atoms with Crippen LogP contribution < -0.4 is 10.6 Å². The lowest BCUT2D eigenvalue weighted by molar-refractivity contribution is 0.0823. The summed E-state index contributed by atoms with van der Waals surface area (Å²) in [6, 6.07) is 21.8. The van der Waals surface area contributed by atoms with Crippen molar-refractivity contribution in [3.63, 3.8) is 0 Å². The predicted molar refractivity (Wildman–Crippen MR) is 151 cm³/mol. The molecule has 1 saturated carbocycles. The van der Waals surface area contributed by atoms with Crippen LogP contribution in [-0.4, -0.2) is 28.2 Å². The third-order valence-electron chi connectivity index (χ3n) is 7.54. The minimum atomic E-state index is -0.352. The molecule has 8 heteroatoms. The summed E-state index contributed by atoms with van der Waals surface area (Å²) in [5, 5.41) is 6.00. The fourth-order valence-corrected chi connectivity index (χ4v) is 6.27. The number of nitrogens with one attached hydrogen (secondary N) is 2. The Labute approximate surface area is 229 Å². The fraction of sp³-hybridized carbons (Fsp3) is 0.194. The molecular formula is C31H27FN4O2S. The first-order valence-corrected chi connectivity index (χ1v) is 13.7. The molecule has 1 aliphatic carbocycles. The van der Waals surface area contributed by atoms with E-state index in [9.17, 15) is 14.0 Å². The van der Waals surface area contributed by atoms with Gasteiger partial charge in [-0.15, -0.1) is 0 Å². The van der Waals surface area contributed by atoms with Crippen molar-refractivity contribution in [2.45, 2.75) is 31.7 Å². The molecule has 6 nitrogen and oxygen atoms in total. The maximum absolute atomic E-state index is 13.5. The van der Waals surface area contributed by atoms with Crippen LogP contribution in [0.25, 0.3) is 26.7 Å². The number of imidazole rings is 1. The summed E-state index contributed by atoms with van der Waals surface area (Å²) >= 11 is 1.44. The normalized spacial score (nSPS) is 14.1. The average Bonchev–Trinajstić information content (AvgIpc) is 3.49. The Morgan fingerprint density at radius 3 is 2.41 bits per heavy atom. The number of aryl methyl sites for hydroxylation is 1. The number of hydrogen-bond acceptors (Lipinski definition) is 4. The second-order valence-electron chi connectivity index (χ2n) is 9.93. The van der Waals surface area contributed by atoms with Gasteiger partial charge in [0.2, 0.25) is 0 Å². The summed E-state index contributed by atoms with van der Waals surface area (Å²) in [6.07, 6.45) is 4.80. The lowest BCUT2D eigenvalue weighted by Crippen LogP contribution is -2.50. The molecule has 2 amide bonds. The molecule has 0 unspecified atom stereocenters. The van der Waals surface area contributed by atoms with Crippen LogP contribution in [0.15, 0.2) is 79.0 Å². The van der Waals surface area contributed by atoms with Gasteiger partial charge >= 0.3 is 0 Å². The zero-order valence-electron chi connectivity index (χ0n) is 21.6. The standard InChI is InChI=1S/C31H27FN4O2S/c1-19-9-10-21(28(37)35-31(15-6-16-31)22-7-4-3-5-8-22)17-24(19)25-18-36-27(29(38)33-2)26(34-30(36)39-25)20-11-13-23(32)14-12-20/h3-5,7-14,17-18H,6,15-16H2,1-2H3,(H,33,38)(H,35,37). The molecule has 0 spiro atoms. The van der Waals surface area contributed by atoms with E-state index in [1.807, 2.05) is 49.5 Å². The van der Waals surface area contributed by atoms with Crippen LogP contribution in [0.2, 0.25) is 0 Å². The number of benzene rings is 3. The largest absolute Gasteiger partial charge is 0.354 e. The molecule has 0 radical (unpaired) electrons. The SMILES string of the molecule is CNC(=O)c1c(-c2ccc(F)cc2)nc2sc(-c3cc(C(=O)NC4(c5ccccc5)CCC4)ccc3C)cn12. The summed E-state index contributed by atoms with van der Waals surface area (Å²) in [6.45, 7) is 2.00. The van der Waals surface area contributed by atoms with Crippen molar-refractivity contribution in [3.05, 3.63) is 107 Å². The van der Waals surface area contributed by atoms with Crippen molar-refractivity contribution in [1.82, 2.24) is 20.0 Å². The number of amides is 2. The molecule has 2 N–H and O–H groups in total. The van der Waals surface area contributed by atoms with E-state index in [1.165, 1.54) is 23.5 Å². The zero-order chi connectivity index (χ0) is 27.1. The third kappa shape index (κ3) is 4.40. The van der Waals surface area contributed by atoms with Crippen LogP contribution in [0, 0.1) is 12.7 Å². The van der Waals surface area contributed by atoms with Gasteiger partial charge in [0.15, 0.2) is 4.96 Å². The Balaban J connectivity index is 1.36. The minimum absolute atomic E-state index is 0.106. The Morgan fingerprint density at radius 1 is 1.00 bits per heavy atom. The number of rotatable bonds is 6. The van der Waals surface area contributed by atoms with Gasteiger partial charge in [0, 0.05) is 24.4 Å². The van der Waals surface area contributed by atoms with Gasteiger partial charge in [0.05, 0.1) is 10.4 Å². The molecule has 196 valence electrons. The number of aromatic nitrogens is 2. The molecule has 39 heavy (non-hydrogen) atoms. The molecule has 0 aliphatic heterocycles. The lowest BCUT2D eigenvalue weighted by atomic mass is 9.71. The summed E-state index contributed by atoms with van der Waals surface area (Å²) in [5.74, 6) is -0.747. The van der Waals surface area contributed by atoms with Gasteiger partial charge in [-0.25, -0.2) is 9.37 Å². The Morgan fingerprint density at radius 2 is 1.74 bits per heavy atom. The van der Waals surface area contributed by atoms with E-state index < -0.39 is 0 Å². The van der Waals surface area contributed by atoms with Gasteiger partial charge in [0.25, 0.3) is 11.8 Å². The molecule has 3 aromatic carbocycles. The van der Waals surface area contributed by atoms with Crippen molar-refractivity contribution in [2.24, 2.45) is 0 Å². The molecule has 2 aromatic heterocycles. The van der Waals surface area contributed by atoms with Crippen LogP contribution in [0.3, 0.4) is 0 Å². The van der Waals surface area contributed by atoms with Gasteiger partial charge in [-0.3, -0.25) is 14.0 Å². The van der Waals surface area contributed by atoms with Crippen LogP contribution in [-0.2, 0) is 5.54 Å². The fourth-order valence-electron chi connectivity index (χ4n) is 5.21. The lowest BCUT2D eigenvalue weighted by Gasteiger charge is -2.43. The highest BCUT2D eigenvalue weighted by Crippen LogP contribution is 2.42. The highest BCUT2D eigenvalue weighted by molar-refractivity contribution is 7.20. The first kappa shape index (κ1) is 25.0. The highest BCUT2D eigenvalue weighted by Gasteiger charge is 2.40. The second-order valence-corrected chi connectivity index (χ2v) is 10.9. The van der Waals surface area contributed by atoms with Gasteiger partial charge in [-0.2, -0.15) is 0 Å². The summed E-state index contributed by atoms with van der Waals surface area (Å²) < 4.78 is 15.3. The molecular weight excluding hydrogens is 511 g/mol. The van der Waals surface area contributed by atoms with Gasteiger partial charge in [-0.05, 0) is 79.3 Å². The zero-order valence-corrected chi connectivity index (χ0v) is 22.4. The van der Waals surface area contributed by atoms with Crippen molar-refractivity contribution >= 4 is 28.1 Å². The van der Waals surface area contributed by atoms with Crippen molar-refractivity contribution in [3.8, 4) is 21.7 Å². The van der Waals surface area contributed by atoms with Gasteiger partial charge in [0.1, 0.15) is 17.2 Å². The van der Waals surface area contributed by atoms with E-state index in [0.717, 1.165) is 40.8 Å². The smallest absolute Gasteiger partial charge is 0.270 e. The molecule has 2 heterocycles. The maximum Gasteiger partial charge on any atom is 0.270 e. The van der Waals surface area contributed by atoms with E-state index in [1.54, 1.807) is 23.6 Å². The summed E-state index contributed by atoms with van der Waals surface area (Å²) in [4.78, 5) is 32.6. The molecule has 0 atom stereocenters. The maximum atomic E-state index is 13.5. The number of halogens is 1. The first-order chi connectivity index (χ1) is 18.9. The Hall–Kier alpha value is -4.30. The minimum Gasteiger partial charge on any atom is -0.354 e. The van der Waals surface area contributed by atoms with Crippen LogP contribution in [0.1, 0.15) is 51.2 Å². The number of nitrogens with zero attached hydrogens (tertiary/aromatic N) is 2. The molecule has 1 aliphatic rings. The van der Waals surface area contributed by atoms with E-state index >= 15 is 0 Å². The van der Waals surface area contributed by atoms with E-state index in [2.05, 4.69) is 22.8 Å². The van der Waals surface area contributed by atoms with Crippen molar-refractivity contribution < 1.29 is 14.0 Å². The third-order valence-corrected chi connectivity index (χ3v) is 8.55. The van der Waals surface area contributed by atoms with E-state index in [0.29, 0.717) is 27.5 Å². The Bertz CT molecular complexity index is 1700. The molecule has 0 bridgehead atoms. The molecule has 1 fully saturated rings. The molecule has 5 aromatic rings.